The van der Waals surface area contributed by atoms with Gasteiger partial charge in [0.1, 0.15) is 6.10 Å². The van der Waals surface area contributed by atoms with Gasteiger partial charge in [0, 0.05) is 5.92 Å². The minimum absolute atomic E-state index is 0.0134. The van der Waals surface area contributed by atoms with Gasteiger partial charge in [0.05, 0.1) is 18.8 Å². The van der Waals surface area contributed by atoms with Crippen LogP contribution in [0.25, 0.3) is 0 Å². The second-order valence-corrected chi connectivity index (χ2v) is 14.0. The summed E-state index contributed by atoms with van der Waals surface area (Å²) in [6.45, 7) is 19.2. The highest BCUT2D eigenvalue weighted by molar-refractivity contribution is 6.74. The van der Waals surface area contributed by atoms with Gasteiger partial charge in [0.25, 0.3) is 0 Å². The Labute approximate surface area is 148 Å². The fourth-order valence-electron chi connectivity index (χ4n) is 3.51. The summed E-state index contributed by atoms with van der Waals surface area (Å²) >= 11 is 0. The van der Waals surface area contributed by atoms with E-state index in [0.717, 1.165) is 18.4 Å². The maximum Gasteiger partial charge on any atom is 0.334 e. The predicted molar refractivity (Wildman–Crippen MR) is 98.4 cm³/mol. The molecule has 1 saturated heterocycles. The standard InChI is InChI=1S/C19H34O4Si/c1-12(2)13-10-14(19(6)15(11-13)22-19)16(17(20)21-7)23-24(8,9)18(3,4)5/h13-16H,1,10-11H2,2-9H3/t13-,14+,15+,16-,19-/m1/s1. The lowest BCUT2D eigenvalue weighted by atomic mass is 9.70. The van der Waals surface area contributed by atoms with Crippen molar-refractivity contribution in [3.05, 3.63) is 12.2 Å². The fourth-order valence-corrected chi connectivity index (χ4v) is 4.76. The number of carbonyl (C=O) groups excluding carboxylic acids is 1. The highest BCUT2D eigenvalue weighted by Crippen LogP contribution is 2.56. The Hall–Kier alpha value is -0.653. The van der Waals surface area contributed by atoms with Crippen molar-refractivity contribution in [2.75, 3.05) is 7.11 Å². The first-order chi connectivity index (χ1) is 10.8. The molecule has 2 rings (SSSR count). The highest BCUT2D eigenvalue weighted by Gasteiger charge is 2.64. The average Bonchev–Trinajstić information content (AvgIpc) is 3.13. The van der Waals surface area contributed by atoms with E-state index in [1.54, 1.807) is 0 Å². The zero-order valence-electron chi connectivity index (χ0n) is 16.6. The molecule has 0 radical (unpaired) electrons. The van der Waals surface area contributed by atoms with E-state index in [0.29, 0.717) is 5.92 Å². The molecule has 0 N–H and O–H groups in total. The molecule has 2 fully saturated rings. The normalized spacial score (nSPS) is 34.2. The Morgan fingerprint density at radius 2 is 1.92 bits per heavy atom. The lowest BCUT2D eigenvalue weighted by Gasteiger charge is -2.42. The van der Waals surface area contributed by atoms with Crippen LogP contribution in [0.3, 0.4) is 0 Å². The highest BCUT2D eigenvalue weighted by atomic mass is 28.4. The van der Waals surface area contributed by atoms with E-state index in [1.165, 1.54) is 7.11 Å². The molecule has 0 amide bonds. The number of hydrogen-bond acceptors (Lipinski definition) is 4. The summed E-state index contributed by atoms with van der Waals surface area (Å²) in [7, 11) is -0.662. The van der Waals surface area contributed by atoms with Crippen LogP contribution in [0.5, 0.6) is 0 Å². The topological polar surface area (TPSA) is 48.1 Å². The van der Waals surface area contributed by atoms with Crippen LogP contribution in [0, 0.1) is 11.8 Å². The smallest absolute Gasteiger partial charge is 0.334 e. The molecule has 24 heavy (non-hydrogen) atoms. The first kappa shape index (κ1) is 19.7. The molecule has 0 unspecified atom stereocenters. The van der Waals surface area contributed by atoms with Crippen molar-refractivity contribution < 1.29 is 18.7 Å². The van der Waals surface area contributed by atoms with Crippen LogP contribution in [-0.2, 0) is 18.7 Å². The molecule has 0 spiro atoms. The van der Waals surface area contributed by atoms with Gasteiger partial charge in [-0.25, -0.2) is 4.79 Å². The maximum atomic E-state index is 12.6. The van der Waals surface area contributed by atoms with E-state index < -0.39 is 14.4 Å². The van der Waals surface area contributed by atoms with Crippen molar-refractivity contribution in [2.45, 2.75) is 83.4 Å². The van der Waals surface area contributed by atoms with Gasteiger partial charge in [-0.05, 0) is 50.7 Å². The van der Waals surface area contributed by atoms with Gasteiger partial charge in [-0.3, -0.25) is 0 Å². The second kappa shape index (κ2) is 6.26. The van der Waals surface area contributed by atoms with Crippen molar-refractivity contribution in [3.8, 4) is 0 Å². The Kier molecular flexibility index (Phi) is 5.13. The number of fused-ring (bicyclic) bond motifs is 1. The monoisotopic (exact) mass is 354 g/mol. The molecule has 2 aliphatic rings. The van der Waals surface area contributed by atoms with E-state index in [1.807, 2.05) is 0 Å². The number of ether oxygens (including phenoxy) is 2. The zero-order chi connectivity index (χ0) is 18.5. The van der Waals surface area contributed by atoms with Crippen LogP contribution in [0.1, 0.15) is 47.5 Å². The van der Waals surface area contributed by atoms with Crippen molar-refractivity contribution in [1.82, 2.24) is 0 Å². The minimum atomic E-state index is -2.10. The first-order valence-electron chi connectivity index (χ1n) is 8.92. The summed E-state index contributed by atoms with van der Waals surface area (Å²) in [6.07, 6.45) is 1.51. The van der Waals surface area contributed by atoms with Crippen LogP contribution in [-0.4, -0.2) is 39.2 Å². The van der Waals surface area contributed by atoms with Crippen LogP contribution in [0.2, 0.25) is 18.1 Å². The average molecular weight is 355 g/mol. The van der Waals surface area contributed by atoms with Crippen molar-refractivity contribution in [1.29, 1.82) is 0 Å². The molecule has 4 nitrogen and oxygen atoms in total. The van der Waals surface area contributed by atoms with Crippen LogP contribution < -0.4 is 0 Å². The summed E-state index contributed by atoms with van der Waals surface area (Å²) in [5, 5.41) is 0.0341. The lowest BCUT2D eigenvalue weighted by Crippen LogP contribution is -2.52. The van der Waals surface area contributed by atoms with Crippen molar-refractivity contribution in [2.24, 2.45) is 11.8 Å². The number of epoxide rings is 1. The number of carbonyl (C=O) groups is 1. The molecule has 1 aliphatic carbocycles. The Morgan fingerprint density at radius 1 is 1.33 bits per heavy atom. The Balaban J connectivity index is 2.30. The predicted octanol–water partition coefficient (Wildman–Crippen LogP) is 4.31. The van der Waals surface area contributed by atoms with Crippen LogP contribution in [0.4, 0.5) is 0 Å². The second-order valence-electron chi connectivity index (χ2n) is 9.23. The molecule has 1 aliphatic heterocycles. The van der Waals surface area contributed by atoms with Gasteiger partial charge in [0.15, 0.2) is 8.32 Å². The molecule has 5 atom stereocenters. The van der Waals surface area contributed by atoms with E-state index in [9.17, 15) is 4.79 Å². The summed E-state index contributed by atoms with van der Waals surface area (Å²) in [6, 6.07) is 0. The van der Waals surface area contributed by atoms with E-state index in [-0.39, 0.29) is 28.6 Å². The number of methoxy groups -OCH3 is 1. The van der Waals surface area contributed by atoms with Crippen LogP contribution in [0.15, 0.2) is 12.2 Å². The number of hydrogen-bond donors (Lipinski definition) is 0. The fraction of sp³-hybridized carbons (Fsp3) is 0.842. The molecular weight excluding hydrogens is 320 g/mol. The summed E-state index contributed by atoms with van der Waals surface area (Å²) < 4.78 is 17.7. The minimum Gasteiger partial charge on any atom is -0.467 e. The van der Waals surface area contributed by atoms with Gasteiger partial charge in [-0.2, -0.15) is 0 Å². The summed E-state index contributed by atoms with van der Waals surface area (Å²) in [5.74, 6) is 0.118. The Bertz CT molecular complexity index is 522. The molecular formula is C19H34O4Si. The molecule has 1 heterocycles. The van der Waals surface area contributed by atoms with Crippen molar-refractivity contribution >= 4 is 14.3 Å². The van der Waals surface area contributed by atoms with Crippen LogP contribution >= 0.6 is 0 Å². The number of esters is 1. The summed E-state index contributed by atoms with van der Waals surface area (Å²) in [4.78, 5) is 12.6. The molecule has 0 aromatic rings. The van der Waals surface area contributed by atoms with Gasteiger partial charge < -0.3 is 13.9 Å². The first-order valence-corrected chi connectivity index (χ1v) is 11.8. The molecule has 1 saturated carbocycles. The zero-order valence-corrected chi connectivity index (χ0v) is 17.6. The third-order valence-electron chi connectivity index (χ3n) is 6.48. The third-order valence-corrected chi connectivity index (χ3v) is 10.9. The summed E-state index contributed by atoms with van der Waals surface area (Å²) in [5.41, 5.74) is 0.890. The molecule has 0 aromatic heterocycles. The van der Waals surface area contributed by atoms with Gasteiger partial charge in [0.2, 0.25) is 0 Å². The maximum absolute atomic E-state index is 12.6. The molecule has 0 aromatic carbocycles. The van der Waals surface area contributed by atoms with Gasteiger partial charge >= 0.3 is 5.97 Å². The quantitative estimate of drug-likeness (QED) is 0.319. The SMILES string of the molecule is C=C(C)[C@H]1C[C@@H]2O[C@]2(C)[C@H]([C@@H](O[Si](C)(C)C(C)(C)C)C(=O)OC)C1. The molecule has 5 heteroatoms. The molecule has 0 bridgehead atoms. The van der Waals surface area contributed by atoms with E-state index in [4.69, 9.17) is 13.9 Å². The third kappa shape index (κ3) is 3.49. The van der Waals surface area contributed by atoms with Crippen molar-refractivity contribution in [3.63, 3.8) is 0 Å². The number of allylic oxidation sites excluding steroid dienone is 1. The van der Waals surface area contributed by atoms with E-state index >= 15 is 0 Å². The lowest BCUT2D eigenvalue weighted by molar-refractivity contribution is -0.154. The number of rotatable bonds is 5. The van der Waals surface area contributed by atoms with Gasteiger partial charge in [-0.1, -0.05) is 32.9 Å². The molecule has 138 valence electrons. The Morgan fingerprint density at radius 3 is 2.38 bits per heavy atom. The van der Waals surface area contributed by atoms with Gasteiger partial charge in [-0.15, -0.1) is 0 Å². The van der Waals surface area contributed by atoms with E-state index in [2.05, 4.69) is 54.3 Å². The largest absolute Gasteiger partial charge is 0.467 e.